The summed E-state index contributed by atoms with van der Waals surface area (Å²) in [5.74, 6) is 0. The summed E-state index contributed by atoms with van der Waals surface area (Å²) in [6.45, 7) is 29.8. The van der Waals surface area contributed by atoms with Crippen LogP contribution in [0, 0.1) is 18.3 Å². The number of piperazine rings is 2. The summed E-state index contributed by atoms with van der Waals surface area (Å²) in [4.78, 5) is 24.6. The molecule has 9 aromatic carbocycles. The van der Waals surface area contributed by atoms with Gasteiger partial charge in [0.15, 0.2) is 10.6 Å². The number of para-hydroxylation sites is 1. The van der Waals surface area contributed by atoms with Gasteiger partial charge in [0.2, 0.25) is 5.13 Å². The average molecular weight is 1600 g/mol. The van der Waals surface area contributed by atoms with Gasteiger partial charge in [-0.15, -0.1) is 40.9 Å². The van der Waals surface area contributed by atoms with E-state index in [1.807, 2.05) is 134 Å². The molecule has 0 saturated carbocycles. The molecule has 25 heteroatoms. The molecule has 590 valence electrons. The third kappa shape index (κ3) is 22.8. The van der Waals surface area contributed by atoms with Gasteiger partial charge in [-0.3, -0.25) is 9.80 Å². The summed E-state index contributed by atoms with van der Waals surface area (Å²) < 4.78 is 5.41. The van der Waals surface area contributed by atoms with Crippen molar-refractivity contribution in [2.24, 2.45) is 61.4 Å². The van der Waals surface area contributed by atoms with Crippen molar-refractivity contribution >= 4 is 155 Å². The number of anilines is 4. The van der Waals surface area contributed by atoms with Gasteiger partial charge in [-0.05, 0) is 241 Å². The van der Waals surface area contributed by atoms with Crippen LogP contribution in [-0.4, -0.2) is 116 Å². The Morgan fingerprint density at radius 1 is 0.405 bits per heavy atom. The highest BCUT2D eigenvalue weighted by molar-refractivity contribution is 7.30. The Kier molecular flexibility index (Phi) is 29.7. The van der Waals surface area contributed by atoms with Gasteiger partial charge in [-0.2, -0.15) is 30.1 Å². The van der Waals surface area contributed by atoms with Crippen molar-refractivity contribution in [3.8, 4) is 6.07 Å². The predicted octanol–water partition coefficient (Wildman–Crippen LogP) is 26.9. The van der Waals surface area contributed by atoms with Crippen LogP contribution in [-0.2, 0) is 12.8 Å². The molecule has 2 fully saturated rings. The Morgan fingerprint density at radius 3 is 1.28 bits per heavy atom. The number of pyridine rings is 1. The molecule has 6 heterocycles. The molecule has 0 unspecified atom stereocenters. The third-order valence-electron chi connectivity index (χ3n) is 20.4. The standard InChI is InChI=1S/C36H37N7.C30H33N9S.C25H28N6S2/c1-4-7-10-27-13-15-28(16-14-27)37-38-29-17-19-30(20-18-29)39-41-35-25-26-36(34-12-9-8-11-33(34)35)42-40-31-21-23-32(24-22-31)43(5-2)6-3;1-23-24(22-31)21-28-29(32-23)35-40-30(28)34-33-25-7-9-27(10-8-25)39-19-15-37(16-20-39)12-11-36-13-17-38(18-14-36)26-5-3-2-4-6-26;1-4-7-8-18-9-11-19(12-10-18)27-29-23-17-22-24(33-23)26-25(32-22)30-28-20-13-15-21(16-14-20)31(5-2)6-3/h8-9,11-26H,4-7,10H2,1-3H3;2-10,21H,11-20H2,1H3;9-17H,4-8H2,1-3H3. The normalized spacial score (nSPS) is 13.6. The number of unbranched alkanes of at least 4 members (excludes halogenated alkanes) is 2. The number of thiophene rings is 1. The van der Waals surface area contributed by atoms with Gasteiger partial charge in [0.1, 0.15) is 15.9 Å². The molecule has 13 aromatic rings. The first-order valence-corrected chi connectivity index (χ1v) is 42.6. The van der Waals surface area contributed by atoms with Gasteiger partial charge in [0.05, 0.1) is 72.5 Å². The van der Waals surface area contributed by atoms with Gasteiger partial charge in [0.25, 0.3) is 0 Å². The summed E-state index contributed by atoms with van der Waals surface area (Å²) in [7, 11) is 0. The maximum atomic E-state index is 9.31. The molecular weight excluding hydrogens is 1500 g/mol. The minimum Gasteiger partial charge on any atom is -0.372 e. The number of azo groups is 6. The molecule has 15 rings (SSSR count). The predicted molar refractivity (Wildman–Crippen MR) is 480 cm³/mol. The molecule has 0 atom stereocenters. The molecule has 0 bridgehead atoms. The molecule has 4 aromatic heterocycles. The minimum absolute atomic E-state index is 0.537. The highest BCUT2D eigenvalue weighted by Gasteiger charge is 2.22. The number of hydrogen-bond donors (Lipinski definition) is 0. The molecule has 116 heavy (non-hydrogen) atoms. The van der Waals surface area contributed by atoms with Crippen LogP contribution in [0.25, 0.3) is 31.3 Å². The highest BCUT2D eigenvalue weighted by Crippen LogP contribution is 2.41. The van der Waals surface area contributed by atoms with Crippen LogP contribution in [0.3, 0.4) is 0 Å². The van der Waals surface area contributed by atoms with E-state index in [0.29, 0.717) is 27.0 Å². The van der Waals surface area contributed by atoms with E-state index in [1.54, 1.807) is 6.07 Å². The van der Waals surface area contributed by atoms with Crippen molar-refractivity contribution < 1.29 is 0 Å². The largest absolute Gasteiger partial charge is 0.372 e. The topological polar surface area (TPSA) is 230 Å². The van der Waals surface area contributed by atoms with Crippen LogP contribution in [0.15, 0.2) is 286 Å². The van der Waals surface area contributed by atoms with E-state index in [-0.39, 0.29) is 0 Å². The first-order valence-electron chi connectivity index (χ1n) is 40.2. The molecule has 0 spiro atoms. The Labute approximate surface area is 692 Å². The molecule has 0 radical (unpaired) electrons. The lowest BCUT2D eigenvalue weighted by atomic mass is 10.1. The number of thiazole rings is 1. The monoisotopic (exact) mass is 1590 g/mol. The van der Waals surface area contributed by atoms with E-state index in [2.05, 4.69) is 244 Å². The van der Waals surface area contributed by atoms with E-state index in [9.17, 15) is 5.26 Å². The van der Waals surface area contributed by atoms with Crippen LogP contribution in [0.4, 0.5) is 89.1 Å². The second-order valence-corrected chi connectivity index (χ2v) is 30.9. The number of rotatable bonds is 29. The fourth-order valence-corrected chi connectivity index (χ4v) is 16.1. The van der Waals surface area contributed by atoms with Gasteiger partial charge in [0, 0.05) is 125 Å². The first-order chi connectivity index (χ1) is 57.0. The second kappa shape index (κ2) is 41.9. The smallest absolute Gasteiger partial charge is 0.231 e. The maximum Gasteiger partial charge on any atom is 0.231 e. The molecule has 0 aliphatic carbocycles. The van der Waals surface area contributed by atoms with Crippen molar-refractivity contribution in [3.63, 3.8) is 0 Å². The zero-order valence-corrected chi connectivity index (χ0v) is 69.5. The fraction of sp³-hybridized carbons (Fsp3) is 0.297. The van der Waals surface area contributed by atoms with Crippen molar-refractivity contribution in [2.45, 2.75) is 87.0 Å². The third-order valence-corrected chi connectivity index (χ3v) is 23.1. The van der Waals surface area contributed by atoms with E-state index >= 15 is 0 Å². The molecule has 2 aliphatic heterocycles. The highest BCUT2D eigenvalue weighted by atomic mass is 32.1. The lowest BCUT2D eigenvalue weighted by Crippen LogP contribution is -2.51. The summed E-state index contributed by atoms with van der Waals surface area (Å²) in [5.41, 5.74) is 16.6. The van der Waals surface area contributed by atoms with E-state index in [1.165, 1.54) is 93.8 Å². The number of benzene rings is 9. The summed E-state index contributed by atoms with van der Waals surface area (Å²) in [6, 6.07) is 77.4. The second-order valence-electron chi connectivity index (χ2n) is 28.1. The maximum absolute atomic E-state index is 9.31. The summed E-state index contributed by atoms with van der Waals surface area (Å²) in [6.07, 6.45) is 7.03. The molecule has 0 amide bonds. The van der Waals surface area contributed by atoms with Gasteiger partial charge >= 0.3 is 0 Å². The van der Waals surface area contributed by atoms with Crippen LogP contribution in [0.2, 0.25) is 0 Å². The summed E-state index contributed by atoms with van der Waals surface area (Å²) in [5, 5.41) is 67.2. The van der Waals surface area contributed by atoms with Crippen LogP contribution in [0.5, 0.6) is 0 Å². The summed E-state index contributed by atoms with van der Waals surface area (Å²) >= 11 is 4.28. The van der Waals surface area contributed by atoms with Crippen molar-refractivity contribution in [1.29, 1.82) is 5.26 Å². The number of aryl methyl sites for hydroxylation is 3. The quantitative estimate of drug-likeness (QED) is 0.0402. The zero-order chi connectivity index (χ0) is 80.2. The SMILES string of the molecule is CCCCc1ccc(N=Nc2cc3sc(N=Nc4ccc(N(CC)CC)cc4)nc3s2)cc1.CCCCc1ccc(N=Nc2ccc(N=Nc3ccc(N=Nc4ccc(N(CC)CC)cc4)c4ccccc34)cc2)cc1.Cc1nc2nsc(N=Nc3ccc(N4CCN(CCN5CCN(c6ccccc6)CC5)CC4)cc3)c2cc1C#N. The molecular formula is C91H98N22S3. The van der Waals surface area contributed by atoms with Crippen molar-refractivity contribution in [1.82, 2.24) is 24.1 Å². The lowest BCUT2D eigenvalue weighted by molar-refractivity contribution is 0.190. The number of hydrogen-bond acceptors (Lipinski definition) is 25. The molecule has 2 saturated heterocycles. The van der Waals surface area contributed by atoms with Crippen LogP contribution >= 0.6 is 34.2 Å². The Morgan fingerprint density at radius 2 is 0.819 bits per heavy atom. The zero-order valence-electron chi connectivity index (χ0n) is 67.1. The average Bonchev–Trinajstić information content (AvgIpc) is 1.74. The van der Waals surface area contributed by atoms with Crippen LogP contribution < -0.4 is 19.6 Å². The van der Waals surface area contributed by atoms with Gasteiger partial charge < -0.3 is 19.6 Å². The number of fused-ring (bicyclic) bond motifs is 3. The van der Waals surface area contributed by atoms with Gasteiger partial charge in [-0.1, -0.05) is 116 Å². The Bertz CT molecular complexity index is 5470. The fourth-order valence-electron chi connectivity index (χ4n) is 13.6. The minimum atomic E-state index is 0.537. The Balaban J connectivity index is 0.000000153. The van der Waals surface area contributed by atoms with E-state index in [4.69, 9.17) is 0 Å². The molecule has 22 nitrogen and oxygen atoms in total. The van der Waals surface area contributed by atoms with Crippen LogP contribution in [0.1, 0.15) is 89.6 Å². The molecule has 0 N–H and O–H groups in total. The number of nitriles is 1. The number of aromatic nitrogens is 3. The van der Waals surface area contributed by atoms with E-state index in [0.717, 1.165) is 186 Å². The van der Waals surface area contributed by atoms with E-state index < -0.39 is 0 Å². The van der Waals surface area contributed by atoms with Crippen molar-refractivity contribution in [2.75, 3.05) is 111 Å². The molecule has 2 aliphatic rings. The lowest BCUT2D eigenvalue weighted by Gasteiger charge is -2.39. The number of nitrogens with zero attached hydrogens (tertiary/aromatic N) is 22. The first kappa shape index (κ1) is 82.1. The van der Waals surface area contributed by atoms with Crippen molar-refractivity contribution in [3.05, 3.63) is 247 Å². The Hall–Kier alpha value is -11.9. The van der Waals surface area contributed by atoms with Gasteiger partial charge in [-0.25, -0.2) is 9.97 Å².